The molecular formula is C56H32S. The van der Waals surface area contributed by atoms with Crippen LogP contribution in [0.25, 0.3) is 129 Å². The van der Waals surface area contributed by atoms with Crippen molar-refractivity contribution >= 4 is 96.1 Å². The molecule has 0 saturated heterocycles. The first-order chi connectivity index (χ1) is 28.2. The Kier molecular flexibility index (Phi) is 6.41. The molecule has 0 unspecified atom stereocenters. The van der Waals surface area contributed by atoms with Gasteiger partial charge in [0.15, 0.2) is 0 Å². The van der Waals surface area contributed by atoms with Gasteiger partial charge in [0.2, 0.25) is 0 Å². The van der Waals surface area contributed by atoms with Crippen LogP contribution in [-0.4, -0.2) is 0 Å². The minimum Gasteiger partial charge on any atom is -0.135 e. The second-order valence-corrected chi connectivity index (χ2v) is 16.7. The third-order valence-corrected chi connectivity index (χ3v) is 13.7. The van der Waals surface area contributed by atoms with Gasteiger partial charge in [-0.3, -0.25) is 0 Å². The lowest BCUT2D eigenvalue weighted by Gasteiger charge is -2.14. The normalized spacial score (nSPS) is 12.2. The van der Waals surface area contributed by atoms with Crippen LogP contribution in [0.5, 0.6) is 0 Å². The Hall–Kier alpha value is -7.06. The quantitative estimate of drug-likeness (QED) is 0.158. The lowest BCUT2D eigenvalue weighted by atomic mass is 9.89. The molecule has 0 N–H and O–H groups in total. The zero-order valence-electron chi connectivity index (χ0n) is 30.9. The fraction of sp³-hybridized carbons (Fsp3) is 0. The summed E-state index contributed by atoms with van der Waals surface area (Å²) in [7, 11) is 0. The number of fused-ring (bicyclic) bond motifs is 3. The van der Waals surface area contributed by atoms with Crippen LogP contribution < -0.4 is 0 Å². The van der Waals surface area contributed by atoms with E-state index in [1.54, 1.807) is 0 Å². The van der Waals surface area contributed by atoms with E-state index in [0.29, 0.717) is 0 Å². The molecule has 0 atom stereocenters. The third kappa shape index (κ3) is 4.61. The summed E-state index contributed by atoms with van der Waals surface area (Å²) in [6.07, 6.45) is 0. The highest BCUT2D eigenvalue weighted by Crippen LogP contribution is 2.43. The highest BCUT2D eigenvalue weighted by Gasteiger charge is 2.15. The lowest BCUT2D eigenvalue weighted by Crippen LogP contribution is -1.87. The van der Waals surface area contributed by atoms with E-state index >= 15 is 0 Å². The second-order valence-electron chi connectivity index (χ2n) is 15.6. The van der Waals surface area contributed by atoms with Gasteiger partial charge in [-0.2, -0.15) is 0 Å². The van der Waals surface area contributed by atoms with Gasteiger partial charge in [-0.25, -0.2) is 0 Å². The van der Waals surface area contributed by atoms with Crippen LogP contribution in [0.3, 0.4) is 0 Å². The first-order valence-corrected chi connectivity index (χ1v) is 20.5. The summed E-state index contributed by atoms with van der Waals surface area (Å²) in [4.78, 5) is 0. The van der Waals surface area contributed by atoms with Crippen molar-refractivity contribution in [3.63, 3.8) is 0 Å². The molecule has 0 radical (unpaired) electrons. The van der Waals surface area contributed by atoms with E-state index in [1.165, 1.54) is 129 Å². The summed E-state index contributed by atoms with van der Waals surface area (Å²) in [5.74, 6) is 0. The fourth-order valence-corrected chi connectivity index (χ4v) is 11.0. The Morgan fingerprint density at radius 2 is 0.544 bits per heavy atom. The smallest absolute Gasteiger partial charge is 0.0361 e. The number of rotatable bonds is 4. The van der Waals surface area contributed by atoms with Crippen LogP contribution in [0, 0.1) is 0 Å². The van der Waals surface area contributed by atoms with Gasteiger partial charge in [-0.05, 0) is 121 Å². The molecule has 57 heavy (non-hydrogen) atoms. The largest absolute Gasteiger partial charge is 0.135 e. The van der Waals surface area contributed by atoms with Crippen LogP contribution >= 0.6 is 11.3 Å². The number of benzene rings is 12. The minimum atomic E-state index is 1.24. The summed E-state index contributed by atoms with van der Waals surface area (Å²) in [6, 6.07) is 72.7. The minimum absolute atomic E-state index is 1.24. The third-order valence-electron chi connectivity index (χ3n) is 12.6. The van der Waals surface area contributed by atoms with Gasteiger partial charge in [-0.15, -0.1) is 11.3 Å². The van der Waals surface area contributed by atoms with Crippen LogP contribution in [0.4, 0.5) is 0 Å². The molecule has 0 amide bonds. The van der Waals surface area contributed by atoms with Crippen molar-refractivity contribution < 1.29 is 0 Å². The van der Waals surface area contributed by atoms with Gasteiger partial charge in [0, 0.05) is 20.2 Å². The Morgan fingerprint density at radius 1 is 0.228 bits per heavy atom. The molecule has 0 aliphatic carbocycles. The van der Waals surface area contributed by atoms with Gasteiger partial charge in [0.05, 0.1) is 0 Å². The van der Waals surface area contributed by atoms with E-state index < -0.39 is 0 Å². The van der Waals surface area contributed by atoms with Crippen LogP contribution in [0.2, 0.25) is 0 Å². The zero-order valence-corrected chi connectivity index (χ0v) is 31.7. The maximum Gasteiger partial charge on any atom is 0.0361 e. The summed E-state index contributed by atoms with van der Waals surface area (Å²) >= 11 is 1.89. The Labute approximate surface area is 333 Å². The van der Waals surface area contributed by atoms with Crippen LogP contribution in [0.1, 0.15) is 0 Å². The van der Waals surface area contributed by atoms with Gasteiger partial charge in [0.1, 0.15) is 0 Å². The van der Waals surface area contributed by atoms with Crippen molar-refractivity contribution in [3.05, 3.63) is 194 Å². The SMILES string of the molecule is c1cc2ccc3ccc(-c4ccc(-c5ccc6c(c5)sc5cc(-c7ccc(-c8ccc9ccc%10cccc%11ccc8c9c%10%11)cc7)ccc56)cc4)c4ccc(c1)c2c34. The summed E-state index contributed by atoms with van der Waals surface area (Å²) in [6.45, 7) is 0. The van der Waals surface area contributed by atoms with Crippen LogP contribution in [-0.2, 0) is 0 Å². The lowest BCUT2D eigenvalue weighted by molar-refractivity contribution is 1.63. The predicted octanol–water partition coefficient (Wildman–Crippen LogP) is 16.5. The average Bonchev–Trinajstić information content (AvgIpc) is 3.65. The molecule has 0 spiro atoms. The predicted molar refractivity (Wildman–Crippen MR) is 248 cm³/mol. The van der Waals surface area contributed by atoms with Gasteiger partial charge in [-0.1, -0.05) is 182 Å². The highest BCUT2D eigenvalue weighted by atomic mass is 32.1. The average molecular weight is 737 g/mol. The Balaban J connectivity index is 0.820. The molecular weight excluding hydrogens is 705 g/mol. The molecule has 0 saturated carbocycles. The number of thiophene rings is 1. The topological polar surface area (TPSA) is 0 Å². The molecule has 13 aromatic rings. The Bertz CT molecular complexity index is 3440. The fourth-order valence-electron chi connectivity index (χ4n) is 9.79. The van der Waals surface area contributed by atoms with Crippen molar-refractivity contribution in [1.82, 2.24) is 0 Å². The molecule has 0 nitrogen and oxygen atoms in total. The molecule has 0 fully saturated rings. The molecule has 1 heteroatoms. The van der Waals surface area contributed by atoms with Gasteiger partial charge in [0.25, 0.3) is 0 Å². The Morgan fingerprint density at radius 3 is 0.965 bits per heavy atom. The van der Waals surface area contributed by atoms with Gasteiger partial charge < -0.3 is 0 Å². The maximum absolute atomic E-state index is 2.37. The van der Waals surface area contributed by atoms with E-state index in [2.05, 4.69) is 194 Å². The van der Waals surface area contributed by atoms with E-state index in [0.717, 1.165) is 0 Å². The van der Waals surface area contributed by atoms with Crippen molar-refractivity contribution in [2.75, 3.05) is 0 Å². The van der Waals surface area contributed by atoms with E-state index in [1.807, 2.05) is 11.3 Å². The van der Waals surface area contributed by atoms with Crippen molar-refractivity contribution in [1.29, 1.82) is 0 Å². The van der Waals surface area contributed by atoms with Crippen molar-refractivity contribution in [2.45, 2.75) is 0 Å². The van der Waals surface area contributed by atoms with Crippen molar-refractivity contribution in [3.8, 4) is 44.5 Å². The van der Waals surface area contributed by atoms with Crippen molar-refractivity contribution in [2.24, 2.45) is 0 Å². The standard InChI is InChI=1S/C56H32S/c1-3-37-15-17-41-19-25-45(49-29-21-39(5-1)53(37)55(41)49)35-11-7-33(8-12-35)43-23-27-47-48-28-24-44(32-52(48)57-51(47)31-43)34-9-13-36(14-10-34)46-26-20-42-18-16-38-4-2-6-40-22-30-50(46)56(42)54(38)40/h1-32H. The molecule has 1 heterocycles. The molecule has 13 rings (SSSR count). The second kappa shape index (κ2) is 11.7. The molecule has 0 aliphatic rings. The number of hydrogen-bond donors (Lipinski definition) is 0. The molecule has 262 valence electrons. The summed E-state index contributed by atoms with van der Waals surface area (Å²) < 4.78 is 2.64. The maximum atomic E-state index is 2.37. The molecule has 1 aromatic heterocycles. The zero-order chi connectivity index (χ0) is 37.2. The number of hydrogen-bond acceptors (Lipinski definition) is 1. The van der Waals surface area contributed by atoms with E-state index in [9.17, 15) is 0 Å². The molecule has 0 bridgehead atoms. The summed E-state index contributed by atoms with van der Waals surface area (Å²) in [5, 5.41) is 18.5. The molecule has 12 aromatic carbocycles. The van der Waals surface area contributed by atoms with Crippen LogP contribution in [0.15, 0.2) is 194 Å². The van der Waals surface area contributed by atoms with E-state index in [4.69, 9.17) is 0 Å². The summed E-state index contributed by atoms with van der Waals surface area (Å²) in [5.41, 5.74) is 10.0. The van der Waals surface area contributed by atoms with Gasteiger partial charge >= 0.3 is 0 Å². The molecule has 0 aliphatic heterocycles. The highest BCUT2D eigenvalue weighted by molar-refractivity contribution is 7.25. The monoisotopic (exact) mass is 736 g/mol. The first kappa shape index (κ1) is 31.2. The first-order valence-electron chi connectivity index (χ1n) is 19.7. The van der Waals surface area contributed by atoms with E-state index in [-0.39, 0.29) is 0 Å².